The molecule has 0 saturated heterocycles. The molecule has 0 atom stereocenters. The zero-order valence-corrected chi connectivity index (χ0v) is 9.99. The Kier molecular flexibility index (Phi) is 5.28. The fourth-order valence-electron chi connectivity index (χ4n) is 1.19. The summed E-state index contributed by atoms with van der Waals surface area (Å²) >= 11 is 1.62. The van der Waals surface area contributed by atoms with Crippen LogP contribution in [0.1, 0.15) is 22.7 Å². The molecule has 5 heteroatoms. The third-order valence-corrected chi connectivity index (χ3v) is 2.87. The molecule has 1 heterocycles. The van der Waals surface area contributed by atoms with Gasteiger partial charge in [-0.05, 0) is 26.9 Å². The lowest BCUT2D eigenvalue weighted by Crippen LogP contribution is -2.23. The number of nitrogens with zero attached hydrogens (tertiary/aromatic N) is 1. The molecule has 0 fully saturated rings. The largest absolute Gasteiger partial charge is 0.351 e. The van der Waals surface area contributed by atoms with Gasteiger partial charge < -0.3 is 10.6 Å². The third-order valence-electron chi connectivity index (χ3n) is 1.96. The number of rotatable bonds is 6. The fraction of sp³-hybridized carbons (Fsp3) is 0.600. The van der Waals surface area contributed by atoms with Gasteiger partial charge in [0.1, 0.15) is 0 Å². The van der Waals surface area contributed by atoms with Gasteiger partial charge in [0.2, 0.25) is 5.91 Å². The molecule has 0 aromatic carbocycles. The molecule has 0 radical (unpaired) electrons. The number of hydrogen-bond donors (Lipinski definition) is 2. The highest BCUT2D eigenvalue weighted by atomic mass is 32.1. The zero-order valence-electron chi connectivity index (χ0n) is 9.17. The summed E-state index contributed by atoms with van der Waals surface area (Å²) in [6, 6.07) is 0. The van der Waals surface area contributed by atoms with Gasteiger partial charge in [-0.1, -0.05) is 0 Å². The first-order chi connectivity index (χ1) is 7.22. The van der Waals surface area contributed by atoms with E-state index in [1.165, 1.54) is 0 Å². The van der Waals surface area contributed by atoms with Gasteiger partial charge in [0.05, 0.1) is 11.6 Å². The van der Waals surface area contributed by atoms with Crippen molar-refractivity contribution in [2.75, 3.05) is 13.6 Å². The number of amides is 1. The SMILES string of the molecule is CNCCCC(=O)NCc1cnc(C)s1. The van der Waals surface area contributed by atoms with E-state index in [1.54, 1.807) is 11.3 Å². The van der Waals surface area contributed by atoms with Crippen molar-refractivity contribution in [3.05, 3.63) is 16.1 Å². The maximum absolute atomic E-state index is 11.3. The molecule has 0 aliphatic heterocycles. The lowest BCUT2D eigenvalue weighted by Gasteiger charge is -2.02. The predicted octanol–water partition coefficient (Wildman–Crippen LogP) is 1.07. The van der Waals surface area contributed by atoms with Crippen LogP contribution in [-0.2, 0) is 11.3 Å². The summed E-state index contributed by atoms with van der Waals surface area (Å²) in [4.78, 5) is 16.6. The average Bonchev–Trinajstić information content (AvgIpc) is 2.62. The zero-order chi connectivity index (χ0) is 11.1. The second kappa shape index (κ2) is 6.53. The molecule has 84 valence electrons. The summed E-state index contributed by atoms with van der Waals surface area (Å²) < 4.78 is 0. The van der Waals surface area contributed by atoms with Gasteiger partial charge in [-0.15, -0.1) is 11.3 Å². The van der Waals surface area contributed by atoms with Crippen molar-refractivity contribution in [1.82, 2.24) is 15.6 Å². The van der Waals surface area contributed by atoms with Crippen LogP contribution in [-0.4, -0.2) is 24.5 Å². The molecule has 1 rings (SSSR count). The first-order valence-electron chi connectivity index (χ1n) is 5.05. The van der Waals surface area contributed by atoms with Gasteiger partial charge in [0, 0.05) is 17.5 Å². The maximum Gasteiger partial charge on any atom is 0.220 e. The van der Waals surface area contributed by atoms with Gasteiger partial charge in [-0.3, -0.25) is 4.79 Å². The van der Waals surface area contributed by atoms with Gasteiger partial charge in [0.15, 0.2) is 0 Å². The smallest absolute Gasteiger partial charge is 0.220 e. The number of aromatic nitrogens is 1. The van der Waals surface area contributed by atoms with E-state index in [-0.39, 0.29) is 5.91 Å². The van der Waals surface area contributed by atoms with E-state index in [9.17, 15) is 4.79 Å². The van der Waals surface area contributed by atoms with Crippen LogP contribution >= 0.6 is 11.3 Å². The molecule has 0 unspecified atom stereocenters. The molecule has 1 aromatic rings. The summed E-state index contributed by atoms with van der Waals surface area (Å²) in [6.45, 7) is 3.44. The van der Waals surface area contributed by atoms with Crippen molar-refractivity contribution in [1.29, 1.82) is 0 Å². The second-order valence-corrected chi connectivity index (χ2v) is 4.65. The number of carbonyl (C=O) groups excluding carboxylic acids is 1. The Morgan fingerprint density at radius 2 is 2.40 bits per heavy atom. The van der Waals surface area contributed by atoms with E-state index < -0.39 is 0 Å². The lowest BCUT2D eigenvalue weighted by molar-refractivity contribution is -0.121. The molecule has 0 spiro atoms. The molecule has 1 amide bonds. The van der Waals surface area contributed by atoms with E-state index in [4.69, 9.17) is 0 Å². The van der Waals surface area contributed by atoms with Gasteiger partial charge in [-0.25, -0.2) is 4.98 Å². The summed E-state index contributed by atoms with van der Waals surface area (Å²) in [5, 5.41) is 6.92. The van der Waals surface area contributed by atoms with Crippen molar-refractivity contribution in [2.45, 2.75) is 26.3 Å². The molecule has 0 saturated carbocycles. The van der Waals surface area contributed by atoms with Crippen LogP contribution in [0.5, 0.6) is 0 Å². The molecule has 4 nitrogen and oxygen atoms in total. The van der Waals surface area contributed by atoms with Gasteiger partial charge in [0.25, 0.3) is 0 Å². The van der Waals surface area contributed by atoms with Crippen LogP contribution in [0.3, 0.4) is 0 Å². The average molecular weight is 227 g/mol. The molecule has 0 aliphatic carbocycles. The molecular weight excluding hydrogens is 210 g/mol. The topological polar surface area (TPSA) is 54.0 Å². The number of nitrogens with one attached hydrogen (secondary N) is 2. The maximum atomic E-state index is 11.3. The van der Waals surface area contributed by atoms with Crippen LogP contribution in [0.15, 0.2) is 6.20 Å². The molecular formula is C10H17N3OS. The van der Waals surface area contributed by atoms with Gasteiger partial charge >= 0.3 is 0 Å². The van der Waals surface area contributed by atoms with Crippen molar-refractivity contribution in [2.24, 2.45) is 0 Å². The third kappa shape index (κ3) is 4.90. The minimum atomic E-state index is 0.108. The first-order valence-corrected chi connectivity index (χ1v) is 5.86. The first kappa shape index (κ1) is 12.1. The lowest BCUT2D eigenvalue weighted by atomic mass is 10.3. The highest BCUT2D eigenvalue weighted by Gasteiger charge is 2.02. The number of carbonyl (C=O) groups is 1. The van der Waals surface area contributed by atoms with E-state index in [0.29, 0.717) is 13.0 Å². The normalized spacial score (nSPS) is 10.3. The van der Waals surface area contributed by atoms with E-state index in [2.05, 4.69) is 15.6 Å². The van der Waals surface area contributed by atoms with Crippen LogP contribution in [0.25, 0.3) is 0 Å². The van der Waals surface area contributed by atoms with Crippen LogP contribution in [0, 0.1) is 6.92 Å². The summed E-state index contributed by atoms with van der Waals surface area (Å²) in [7, 11) is 1.89. The summed E-state index contributed by atoms with van der Waals surface area (Å²) in [6.07, 6.45) is 3.27. The Morgan fingerprint density at radius 1 is 1.60 bits per heavy atom. The molecule has 2 N–H and O–H groups in total. The Morgan fingerprint density at radius 3 is 3.00 bits per heavy atom. The molecule has 15 heavy (non-hydrogen) atoms. The number of aryl methyl sites for hydroxylation is 1. The van der Waals surface area contributed by atoms with E-state index in [1.807, 2.05) is 20.2 Å². The highest BCUT2D eigenvalue weighted by molar-refractivity contribution is 7.11. The standard InChI is InChI=1S/C10H17N3OS/c1-8-12-6-9(15-8)7-13-10(14)4-3-5-11-2/h6,11H,3-5,7H2,1-2H3,(H,13,14). The van der Waals surface area contributed by atoms with E-state index in [0.717, 1.165) is 22.9 Å². The highest BCUT2D eigenvalue weighted by Crippen LogP contribution is 2.10. The summed E-state index contributed by atoms with van der Waals surface area (Å²) in [5.74, 6) is 0.108. The summed E-state index contributed by atoms with van der Waals surface area (Å²) in [5.41, 5.74) is 0. The quantitative estimate of drug-likeness (QED) is 0.715. The second-order valence-electron chi connectivity index (χ2n) is 3.33. The Hall–Kier alpha value is -0.940. The van der Waals surface area contributed by atoms with Crippen LogP contribution < -0.4 is 10.6 Å². The number of thiazole rings is 1. The fourth-order valence-corrected chi connectivity index (χ4v) is 1.92. The van der Waals surface area contributed by atoms with Crippen molar-refractivity contribution < 1.29 is 4.79 Å². The Balaban J connectivity index is 2.16. The Bertz CT molecular complexity index is 311. The minimum absolute atomic E-state index is 0.108. The van der Waals surface area contributed by atoms with Gasteiger partial charge in [-0.2, -0.15) is 0 Å². The number of hydrogen-bond acceptors (Lipinski definition) is 4. The minimum Gasteiger partial charge on any atom is -0.351 e. The van der Waals surface area contributed by atoms with Crippen molar-refractivity contribution in [3.8, 4) is 0 Å². The van der Waals surface area contributed by atoms with Crippen LogP contribution in [0.2, 0.25) is 0 Å². The molecule has 0 aliphatic rings. The Labute approximate surface area is 94.1 Å². The van der Waals surface area contributed by atoms with Crippen molar-refractivity contribution >= 4 is 17.2 Å². The van der Waals surface area contributed by atoms with Crippen LogP contribution in [0.4, 0.5) is 0 Å². The monoisotopic (exact) mass is 227 g/mol. The van der Waals surface area contributed by atoms with Crippen molar-refractivity contribution in [3.63, 3.8) is 0 Å². The predicted molar refractivity (Wildman–Crippen MR) is 61.9 cm³/mol. The molecule has 1 aromatic heterocycles. The van der Waals surface area contributed by atoms with E-state index >= 15 is 0 Å². The molecule has 0 bridgehead atoms.